The molecule has 0 aliphatic rings. The zero-order valence-electron chi connectivity index (χ0n) is 13.7. The molecule has 4 heteroatoms. The number of carbonyl (C=O) groups is 2. The molecule has 0 amide bonds. The van der Waals surface area contributed by atoms with Gasteiger partial charge in [-0.2, -0.15) is 18.2 Å². The molecule has 0 radical (unpaired) electrons. The minimum absolute atomic E-state index is 0. The minimum Gasteiger partial charge on any atom is -0.645 e. The van der Waals surface area contributed by atoms with Crippen molar-refractivity contribution < 1.29 is 31.4 Å². The summed E-state index contributed by atoms with van der Waals surface area (Å²) in [6, 6.07) is 24.2. The number of hydrogen-bond donors (Lipinski definition) is 0. The molecule has 3 aromatic rings. The normalized spacial score (nSPS) is 9.64. The molecule has 0 N–H and O–H groups in total. The van der Waals surface area contributed by atoms with Crippen LogP contribution in [0.25, 0.3) is 6.08 Å². The first-order valence-corrected chi connectivity index (χ1v) is 7.50. The van der Waals surface area contributed by atoms with Gasteiger partial charge in [0.05, 0.1) is 7.11 Å². The molecule has 0 unspecified atom stereocenters. The van der Waals surface area contributed by atoms with Crippen molar-refractivity contribution in [1.82, 2.24) is 0 Å². The van der Waals surface area contributed by atoms with E-state index in [1.165, 1.54) is 7.11 Å². The topological polar surface area (TPSA) is 43.4 Å². The van der Waals surface area contributed by atoms with Crippen molar-refractivity contribution in [3.8, 4) is 0 Å². The number of allylic oxidation sites excluding steroid dienone is 1. The van der Waals surface area contributed by atoms with Gasteiger partial charge in [-0.25, -0.2) is 12.1 Å². The second-order valence-corrected chi connectivity index (χ2v) is 4.95. The van der Waals surface area contributed by atoms with Crippen LogP contribution in [-0.2, 0) is 21.8 Å². The minimum atomic E-state index is -0.278. The molecule has 25 heavy (non-hydrogen) atoms. The Morgan fingerprint density at radius 1 is 1.00 bits per heavy atom. The monoisotopic (exact) mass is 374 g/mol. The molecule has 3 nitrogen and oxygen atoms in total. The molecule has 0 heterocycles. The van der Waals surface area contributed by atoms with E-state index in [2.05, 4.69) is 4.74 Å². The predicted molar refractivity (Wildman–Crippen MR) is 95.2 cm³/mol. The average molecular weight is 374 g/mol. The summed E-state index contributed by atoms with van der Waals surface area (Å²) in [5.74, 6) is -0.233. The smallest absolute Gasteiger partial charge is 0.280 e. The van der Waals surface area contributed by atoms with E-state index in [1.54, 1.807) is 30.3 Å². The van der Waals surface area contributed by atoms with E-state index in [0.717, 1.165) is 11.1 Å². The Kier molecular flexibility index (Phi) is 8.94. The maximum absolute atomic E-state index is 11.6. The first-order chi connectivity index (χ1) is 11.7. The van der Waals surface area contributed by atoms with E-state index >= 15 is 0 Å². The fourth-order valence-electron chi connectivity index (χ4n) is 2.00. The Morgan fingerprint density at radius 2 is 1.60 bits per heavy atom. The van der Waals surface area contributed by atoms with Gasteiger partial charge in [0.2, 0.25) is 0 Å². The number of methoxy groups -OCH3 is 1. The summed E-state index contributed by atoms with van der Waals surface area (Å²) in [6.07, 6.45) is 3.43. The summed E-state index contributed by atoms with van der Waals surface area (Å²) in [7, 11) is 1.37. The third kappa shape index (κ3) is 6.76. The maximum Gasteiger partial charge on any atom is 0.280 e. The molecule has 0 spiro atoms. The SMILES string of the molecule is COC(=O)[c-]1cccc1.O=C(C=Cc1ccccc1)[c-]1[cH-][cH-][cH-][cH-]1.[Fe]. The number of ketones is 1. The molecule has 0 aromatic heterocycles. The summed E-state index contributed by atoms with van der Waals surface area (Å²) in [4.78, 5) is 22.2. The number of hydrogen-bond acceptors (Lipinski definition) is 3. The second-order valence-electron chi connectivity index (χ2n) is 4.95. The van der Waals surface area contributed by atoms with Crippen LogP contribution in [0.4, 0.5) is 0 Å². The largest absolute Gasteiger partial charge is 0.645 e. The van der Waals surface area contributed by atoms with Gasteiger partial charge >= 0.3 is 0 Å². The van der Waals surface area contributed by atoms with E-state index in [9.17, 15) is 9.59 Å². The van der Waals surface area contributed by atoms with Crippen LogP contribution in [0.1, 0.15) is 26.3 Å². The van der Waals surface area contributed by atoms with Crippen molar-refractivity contribution in [2.24, 2.45) is 0 Å². The maximum atomic E-state index is 11.6. The van der Waals surface area contributed by atoms with Gasteiger partial charge in [-0.3, -0.25) is 4.79 Å². The summed E-state index contributed by atoms with van der Waals surface area (Å²) >= 11 is 0. The number of carbonyl (C=O) groups excluding carboxylic acids is 2. The number of esters is 1. The zero-order valence-corrected chi connectivity index (χ0v) is 14.8. The third-order valence-electron chi connectivity index (χ3n) is 3.26. The zero-order chi connectivity index (χ0) is 17.2. The fraction of sp³-hybridized carbons (Fsp3) is 0.0476. The van der Waals surface area contributed by atoms with Crippen molar-refractivity contribution in [1.29, 1.82) is 0 Å². The van der Waals surface area contributed by atoms with Crippen molar-refractivity contribution in [3.05, 3.63) is 102 Å². The molecule has 0 atom stereocenters. The van der Waals surface area contributed by atoms with Gasteiger partial charge < -0.3 is 51.2 Å². The van der Waals surface area contributed by atoms with Crippen LogP contribution < -0.4 is 0 Å². The van der Waals surface area contributed by atoms with Crippen LogP contribution in [0.15, 0.2) is 84.9 Å². The van der Waals surface area contributed by atoms with Crippen molar-refractivity contribution in [2.45, 2.75) is 0 Å². The second kappa shape index (κ2) is 11.0. The molecular formula is C21H18FeO3-6. The summed E-state index contributed by atoms with van der Waals surface area (Å²) in [5, 5.41) is 0. The van der Waals surface area contributed by atoms with Crippen molar-refractivity contribution >= 4 is 17.8 Å². The molecule has 3 aromatic carbocycles. The Labute approximate surface area is 158 Å². The van der Waals surface area contributed by atoms with Crippen LogP contribution in [0.2, 0.25) is 0 Å². The quantitative estimate of drug-likeness (QED) is 0.222. The predicted octanol–water partition coefficient (Wildman–Crippen LogP) is 4.49. The average Bonchev–Trinajstić information content (AvgIpc) is 3.34. The van der Waals surface area contributed by atoms with E-state index in [0.29, 0.717) is 5.56 Å². The summed E-state index contributed by atoms with van der Waals surface area (Å²) in [5.41, 5.74) is 2.39. The number of ether oxygens (including phenoxy) is 1. The van der Waals surface area contributed by atoms with E-state index in [-0.39, 0.29) is 28.8 Å². The number of benzene rings is 1. The molecule has 0 fully saturated rings. The van der Waals surface area contributed by atoms with Crippen molar-refractivity contribution in [3.63, 3.8) is 0 Å². The Hall–Kier alpha value is -2.68. The number of rotatable bonds is 4. The van der Waals surface area contributed by atoms with Gasteiger partial charge in [0.1, 0.15) is 0 Å². The van der Waals surface area contributed by atoms with Crippen LogP contribution in [0, 0.1) is 0 Å². The van der Waals surface area contributed by atoms with Gasteiger partial charge in [0.25, 0.3) is 5.97 Å². The Morgan fingerprint density at radius 3 is 2.16 bits per heavy atom. The van der Waals surface area contributed by atoms with Crippen LogP contribution in [0.3, 0.4) is 0 Å². The van der Waals surface area contributed by atoms with Crippen LogP contribution >= 0.6 is 0 Å². The summed E-state index contributed by atoms with van der Waals surface area (Å²) in [6.45, 7) is 0. The van der Waals surface area contributed by atoms with Crippen LogP contribution in [0.5, 0.6) is 0 Å². The molecular weight excluding hydrogens is 356 g/mol. The van der Waals surface area contributed by atoms with E-state index < -0.39 is 0 Å². The molecule has 0 saturated heterocycles. The van der Waals surface area contributed by atoms with E-state index in [4.69, 9.17) is 0 Å². The van der Waals surface area contributed by atoms with Gasteiger partial charge in [-0.05, 0) is 0 Å². The van der Waals surface area contributed by atoms with Gasteiger partial charge in [-0.1, -0.05) is 41.5 Å². The summed E-state index contributed by atoms with van der Waals surface area (Å²) < 4.78 is 4.46. The van der Waals surface area contributed by atoms with Gasteiger partial charge in [0, 0.05) is 17.1 Å². The molecule has 134 valence electrons. The van der Waals surface area contributed by atoms with Crippen molar-refractivity contribution in [2.75, 3.05) is 7.11 Å². The molecule has 0 aliphatic carbocycles. The Bertz CT molecular complexity index is 770. The Balaban J connectivity index is 0.000000270. The first kappa shape index (κ1) is 20.4. The van der Waals surface area contributed by atoms with E-state index in [1.807, 2.05) is 60.7 Å². The van der Waals surface area contributed by atoms with Gasteiger partial charge in [0.15, 0.2) is 0 Å². The van der Waals surface area contributed by atoms with Gasteiger partial charge in [-0.15, -0.1) is 0 Å². The standard InChI is InChI=1S/C14H11O.C7H7O2.Fe/c15-14(13-8-4-5-9-13)11-10-12-6-2-1-3-7-12;1-9-7(8)6-4-2-3-5-6;/h1-11H;2-5H,1H3;/q-5;-1;. The first-order valence-electron chi connectivity index (χ1n) is 7.50. The third-order valence-corrected chi connectivity index (χ3v) is 3.26. The molecule has 3 rings (SSSR count). The molecule has 0 saturated carbocycles. The van der Waals surface area contributed by atoms with Crippen LogP contribution in [-0.4, -0.2) is 18.9 Å². The fourth-order valence-corrected chi connectivity index (χ4v) is 2.00. The molecule has 0 aliphatic heterocycles. The molecule has 0 bridgehead atoms.